The van der Waals surface area contributed by atoms with Crippen LogP contribution in [0.2, 0.25) is 0 Å². The summed E-state index contributed by atoms with van der Waals surface area (Å²) in [5.41, 5.74) is 0.438. The van der Waals surface area contributed by atoms with Crippen molar-refractivity contribution in [1.29, 1.82) is 0 Å². The van der Waals surface area contributed by atoms with Crippen molar-refractivity contribution >= 4 is 5.97 Å². The number of ether oxygens (including phenoxy) is 2. The van der Waals surface area contributed by atoms with Crippen molar-refractivity contribution in [3.05, 3.63) is 29.8 Å². The van der Waals surface area contributed by atoms with Crippen LogP contribution in [0.1, 0.15) is 50.7 Å². The van der Waals surface area contributed by atoms with Crippen LogP contribution in [0.5, 0.6) is 5.75 Å². The average molecular weight is 310 g/mol. The highest BCUT2D eigenvalue weighted by molar-refractivity contribution is 5.75. The van der Waals surface area contributed by atoms with E-state index in [1.165, 1.54) is 19.3 Å². The van der Waals surface area contributed by atoms with E-state index < -0.39 is 18.2 Å². The molecule has 2 N–H and O–H groups in total. The second-order valence-corrected chi connectivity index (χ2v) is 5.24. The summed E-state index contributed by atoms with van der Waals surface area (Å²) < 4.78 is 10.0. The van der Waals surface area contributed by atoms with Gasteiger partial charge in [0.05, 0.1) is 13.7 Å². The lowest BCUT2D eigenvalue weighted by molar-refractivity contribution is -0.156. The SMILES string of the molecule is CCCCCCCOc1ccc(C(O)C(O)C(=O)OC)cc1. The van der Waals surface area contributed by atoms with Crippen LogP contribution < -0.4 is 4.74 Å². The van der Waals surface area contributed by atoms with Gasteiger partial charge in [-0.1, -0.05) is 44.7 Å². The molecule has 5 nitrogen and oxygen atoms in total. The first-order valence-electron chi connectivity index (χ1n) is 7.76. The lowest BCUT2D eigenvalue weighted by Gasteiger charge is -2.16. The Hall–Kier alpha value is -1.59. The van der Waals surface area contributed by atoms with E-state index in [4.69, 9.17) is 4.74 Å². The molecule has 1 rings (SSSR count). The number of carbonyl (C=O) groups excluding carboxylic acids is 1. The molecule has 0 aliphatic rings. The normalized spacial score (nSPS) is 13.5. The van der Waals surface area contributed by atoms with Gasteiger partial charge < -0.3 is 19.7 Å². The molecule has 0 amide bonds. The summed E-state index contributed by atoms with van der Waals surface area (Å²) in [6.45, 7) is 2.85. The maximum absolute atomic E-state index is 11.2. The minimum absolute atomic E-state index is 0.438. The van der Waals surface area contributed by atoms with E-state index >= 15 is 0 Å². The molecule has 0 heterocycles. The van der Waals surface area contributed by atoms with Crippen molar-refractivity contribution in [2.24, 2.45) is 0 Å². The molecule has 0 aliphatic heterocycles. The van der Waals surface area contributed by atoms with Crippen LogP contribution in [-0.4, -0.2) is 36.0 Å². The number of rotatable bonds is 10. The Kier molecular flexibility index (Phi) is 8.55. The number of hydrogen-bond acceptors (Lipinski definition) is 5. The largest absolute Gasteiger partial charge is 0.494 e. The van der Waals surface area contributed by atoms with Gasteiger partial charge in [-0.05, 0) is 24.1 Å². The van der Waals surface area contributed by atoms with Crippen LogP contribution in [-0.2, 0) is 9.53 Å². The van der Waals surface area contributed by atoms with Crippen LogP contribution in [0.3, 0.4) is 0 Å². The maximum atomic E-state index is 11.2. The number of hydrogen-bond donors (Lipinski definition) is 2. The van der Waals surface area contributed by atoms with Crippen molar-refractivity contribution in [1.82, 2.24) is 0 Å². The quantitative estimate of drug-likeness (QED) is 0.513. The summed E-state index contributed by atoms with van der Waals surface area (Å²) >= 11 is 0. The Morgan fingerprint density at radius 2 is 1.73 bits per heavy atom. The predicted molar refractivity (Wildman–Crippen MR) is 83.7 cm³/mol. The smallest absolute Gasteiger partial charge is 0.337 e. The zero-order valence-corrected chi connectivity index (χ0v) is 13.3. The molecule has 0 aliphatic carbocycles. The van der Waals surface area contributed by atoms with E-state index in [-0.39, 0.29) is 0 Å². The number of carbonyl (C=O) groups is 1. The number of methoxy groups -OCH3 is 1. The molecule has 2 unspecified atom stereocenters. The average Bonchev–Trinajstić information content (AvgIpc) is 2.56. The fraction of sp³-hybridized carbons (Fsp3) is 0.588. The molecule has 124 valence electrons. The summed E-state index contributed by atoms with van der Waals surface area (Å²) in [4.78, 5) is 11.2. The van der Waals surface area contributed by atoms with Crippen molar-refractivity contribution in [2.45, 2.75) is 51.2 Å². The minimum atomic E-state index is -1.59. The molecule has 0 fully saturated rings. The van der Waals surface area contributed by atoms with E-state index in [1.54, 1.807) is 24.3 Å². The maximum Gasteiger partial charge on any atom is 0.337 e. The van der Waals surface area contributed by atoms with Gasteiger partial charge in [0.25, 0.3) is 0 Å². The number of esters is 1. The molecule has 0 bridgehead atoms. The van der Waals surface area contributed by atoms with Crippen molar-refractivity contribution in [3.63, 3.8) is 0 Å². The van der Waals surface area contributed by atoms with Gasteiger partial charge in [0.1, 0.15) is 11.9 Å². The summed E-state index contributed by atoms with van der Waals surface area (Å²) in [5.74, 6) is -0.154. The molecule has 0 saturated carbocycles. The Morgan fingerprint density at radius 3 is 2.32 bits per heavy atom. The molecule has 0 saturated heterocycles. The molecule has 0 radical (unpaired) electrons. The lowest BCUT2D eigenvalue weighted by atomic mass is 10.0. The summed E-state index contributed by atoms with van der Waals surface area (Å²) in [7, 11) is 1.16. The lowest BCUT2D eigenvalue weighted by Crippen LogP contribution is -2.28. The van der Waals surface area contributed by atoms with Crippen LogP contribution in [0.25, 0.3) is 0 Å². The number of unbranched alkanes of at least 4 members (excludes halogenated alkanes) is 4. The van der Waals surface area contributed by atoms with Crippen LogP contribution in [0, 0.1) is 0 Å². The third-order valence-corrected chi connectivity index (χ3v) is 3.48. The van der Waals surface area contributed by atoms with E-state index in [2.05, 4.69) is 11.7 Å². The fourth-order valence-electron chi connectivity index (χ4n) is 2.09. The summed E-state index contributed by atoms with van der Waals surface area (Å²) in [6.07, 6.45) is 3.00. The van der Waals surface area contributed by atoms with Gasteiger partial charge in [-0.25, -0.2) is 4.79 Å². The van der Waals surface area contributed by atoms with Crippen LogP contribution in [0.4, 0.5) is 0 Å². The minimum Gasteiger partial charge on any atom is -0.494 e. The van der Waals surface area contributed by atoms with Gasteiger partial charge in [-0.15, -0.1) is 0 Å². The Labute approximate surface area is 131 Å². The molecule has 22 heavy (non-hydrogen) atoms. The topological polar surface area (TPSA) is 76.0 Å². The van der Waals surface area contributed by atoms with Crippen molar-refractivity contribution < 1.29 is 24.5 Å². The first-order valence-corrected chi connectivity index (χ1v) is 7.76. The first kappa shape index (κ1) is 18.5. The molecule has 1 aromatic rings. The predicted octanol–water partition coefficient (Wildman–Crippen LogP) is 2.60. The molecular weight excluding hydrogens is 284 g/mol. The Bertz CT molecular complexity index is 429. The highest BCUT2D eigenvalue weighted by Crippen LogP contribution is 2.21. The zero-order chi connectivity index (χ0) is 16.4. The summed E-state index contributed by atoms with van der Waals surface area (Å²) in [6, 6.07) is 6.69. The zero-order valence-electron chi connectivity index (χ0n) is 13.3. The van der Waals surface area contributed by atoms with Crippen molar-refractivity contribution in [3.8, 4) is 5.75 Å². The van der Waals surface area contributed by atoms with Gasteiger partial charge in [-0.3, -0.25) is 0 Å². The van der Waals surface area contributed by atoms with E-state index in [0.29, 0.717) is 17.9 Å². The van der Waals surface area contributed by atoms with E-state index in [9.17, 15) is 15.0 Å². The first-order chi connectivity index (χ1) is 10.6. The molecule has 5 heteroatoms. The van der Waals surface area contributed by atoms with Crippen molar-refractivity contribution in [2.75, 3.05) is 13.7 Å². The molecule has 0 spiro atoms. The molecular formula is C17H26O5. The highest BCUT2D eigenvalue weighted by Gasteiger charge is 2.26. The second-order valence-electron chi connectivity index (χ2n) is 5.24. The van der Waals surface area contributed by atoms with E-state index in [0.717, 1.165) is 20.0 Å². The van der Waals surface area contributed by atoms with Gasteiger partial charge in [0, 0.05) is 0 Å². The molecule has 1 aromatic carbocycles. The van der Waals surface area contributed by atoms with Crippen LogP contribution >= 0.6 is 0 Å². The van der Waals surface area contributed by atoms with Crippen LogP contribution in [0.15, 0.2) is 24.3 Å². The number of benzene rings is 1. The molecule has 2 atom stereocenters. The van der Waals surface area contributed by atoms with Gasteiger partial charge in [-0.2, -0.15) is 0 Å². The summed E-state index contributed by atoms with van der Waals surface area (Å²) in [5, 5.41) is 19.5. The Balaban J connectivity index is 2.41. The monoisotopic (exact) mass is 310 g/mol. The number of aliphatic hydroxyl groups excluding tert-OH is 2. The standard InChI is InChI=1S/C17H26O5/c1-3-4-5-6-7-12-22-14-10-8-13(9-11-14)15(18)16(19)17(20)21-2/h8-11,15-16,18-19H,3-7,12H2,1-2H3. The van der Waals surface area contributed by atoms with Gasteiger partial charge >= 0.3 is 5.97 Å². The van der Waals surface area contributed by atoms with Gasteiger partial charge in [0.15, 0.2) is 6.10 Å². The van der Waals surface area contributed by atoms with Gasteiger partial charge in [0.2, 0.25) is 0 Å². The Morgan fingerprint density at radius 1 is 1.09 bits per heavy atom. The number of aliphatic hydroxyl groups is 2. The third-order valence-electron chi connectivity index (χ3n) is 3.48. The second kappa shape index (κ2) is 10.2. The fourth-order valence-corrected chi connectivity index (χ4v) is 2.09. The highest BCUT2D eigenvalue weighted by atomic mass is 16.5. The third kappa shape index (κ3) is 6.03. The molecule has 0 aromatic heterocycles. The van der Waals surface area contributed by atoms with E-state index in [1.807, 2.05) is 0 Å².